The molecule has 4 heterocycles. The monoisotopic (exact) mass is 451 g/mol. The van der Waals surface area contributed by atoms with Gasteiger partial charge >= 0.3 is 0 Å². The minimum Gasteiger partial charge on any atom is -0.334 e. The largest absolute Gasteiger partial charge is 0.334 e. The average molecular weight is 452 g/mol. The van der Waals surface area contributed by atoms with E-state index in [9.17, 15) is 4.79 Å². The number of carbonyl (C=O) groups is 1. The van der Waals surface area contributed by atoms with Gasteiger partial charge in [-0.05, 0) is 37.8 Å². The van der Waals surface area contributed by atoms with E-state index >= 15 is 0 Å². The van der Waals surface area contributed by atoms with E-state index in [0.717, 1.165) is 52.6 Å². The molecule has 1 fully saturated rings. The molecule has 1 saturated heterocycles. The van der Waals surface area contributed by atoms with Crippen molar-refractivity contribution in [3.05, 3.63) is 70.5 Å². The normalized spacial score (nSPS) is 16.7. The van der Waals surface area contributed by atoms with Crippen molar-refractivity contribution in [1.29, 1.82) is 0 Å². The van der Waals surface area contributed by atoms with Gasteiger partial charge in [0.15, 0.2) is 0 Å². The third kappa shape index (κ3) is 3.83. The van der Waals surface area contributed by atoms with Crippen molar-refractivity contribution in [2.75, 3.05) is 6.54 Å². The van der Waals surface area contributed by atoms with E-state index in [4.69, 9.17) is 11.6 Å². The van der Waals surface area contributed by atoms with Crippen molar-refractivity contribution in [1.82, 2.24) is 24.3 Å². The van der Waals surface area contributed by atoms with Gasteiger partial charge in [-0.2, -0.15) is 0 Å². The van der Waals surface area contributed by atoms with Crippen LogP contribution in [0.25, 0.3) is 16.1 Å². The first kappa shape index (κ1) is 20.2. The number of aryl methyl sites for hydroxylation is 1. The van der Waals surface area contributed by atoms with Crippen LogP contribution in [0.15, 0.2) is 48.9 Å². The molecule has 0 saturated carbocycles. The van der Waals surface area contributed by atoms with Gasteiger partial charge in [0.2, 0.25) is 0 Å². The molecule has 158 valence electrons. The number of nitrogens with zero attached hydrogens (tertiary/aromatic N) is 5. The molecule has 4 aromatic rings. The van der Waals surface area contributed by atoms with Gasteiger partial charge in [0, 0.05) is 25.2 Å². The first-order valence-electron chi connectivity index (χ1n) is 10.4. The second-order valence-electron chi connectivity index (χ2n) is 7.79. The van der Waals surface area contributed by atoms with Crippen LogP contribution in [-0.4, -0.2) is 42.7 Å². The van der Waals surface area contributed by atoms with E-state index in [1.165, 1.54) is 0 Å². The predicted molar refractivity (Wildman–Crippen MR) is 123 cm³/mol. The van der Waals surface area contributed by atoms with Gasteiger partial charge < -0.3 is 4.90 Å². The van der Waals surface area contributed by atoms with Crippen LogP contribution in [-0.2, 0) is 6.42 Å². The Hall–Kier alpha value is -2.77. The second kappa shape index (κ2) is 8.40. The highest BCUT2D eigenvalue weighted by atomic mass is 35.5. The average Bonchev–Trinajstić information content (AvgIpc) is 3.34. The maximum atomic E-state index is 13.7. The van der Waals surface area contributed by atoms with Crippen LogP contribution in [0.3, 0.4) is 0 Å². The molecule has 0 bridgehead atoms. The fourth-order valence-corrected chi connectivity index (χ4v) is 5.41. The highest BCUT2D eigenvalue weighted by molar-refractivity contribution is 7.15. The minimum absolute atomic E-state index is 0.00513. The molecule has 0 N–H and O–H groups in total. The van der Waals surface area contributed by atoms with Crippen molar-refractivity contribution in [3.63, 3.8) is 0 Å². The number of halogens is 1. The minimum atomic E-state index is -0.00513. The van der Waals surface area contributed by atoms with Gasteiger partial charge in [-0.25, -0.2) is 15.0 Å². The summed E-state index contributed by atoms with van der Waals surface area (Å²) in [6.45, 7) is 2.67. The number of amides is 1. The third-order valence-electron chi connectivity index (χ3n) is 5.73. The Morgan fingerprint density at radius 1 is 1.19 bits per heavy atom. The van der Waals surface area contributed by atoms with Crippen LogP contribution in [0.4, 0.5) is 0 Å². The van der Waals surface area contributed by atoms with Gasteiger partial charge in [-0.15, -0.1) is 11.3 Å². The van der Waals surface area contributed by atoms with Crippen LogP contribution in [0.5, 0.6) is 0 Å². The molecular weight excluding hydrogens is 430 g/mol. The molecule has 31 heavy (non-hydrogen) atoms. The van der Waals surface area contributed by atoms with E-state index in [1.54, 1.807) is 28.3 Å². The number of piperidine rings is 1. The number of thiazole rings is 1. The second-order valence-corrected chi connectivity index (χ2v) is 9.35. The summed E-state index contributed by atoms with van der Waals surface area (Å²) < 4.78 is 1.78. The lowest BCUT2D eigenvalue weighted by Crippen LogP contribution is -2.45. The first-order chi connectivity index (χ1) is 15.1. The number of hydrogen-bond donors (Lipinski definition) is 0. The number of fused-ring (bicyclic) bond motifs is 1. The quantitative estimate of drug-likeness (QED) is 0.435. The van der Waals surface area contributed by atoms with E-state index in [1.807, 2.05) is 48.2 Å². The predicted octanol–water partition coefficient (Wildman–Crippen LogP) is 5.05. The third-order valence-corrected chi connectivity index (χ3v) is 7.15. The van der Waals surface area contributed by atoms with Crippen LogP contribution in [0, 0.1) is 6.92 Å². The molecule has 1 aliphatic rings. The molecule has 0 aliphatic carbocycles. The zero-order valence-corrected chi connectivity index (χ0v) is 18.7. The lowest BCUT2D eigenvalue weighted by molar-refractivity contribution is 0.0608. The van der Waals surface area contributed by atoms with Crippen LogP contribution in [0.1, 0.15) is 40.5 Å². The van der Waals surface area contributed by atoms with E-state index in [-0.39, 0.29) is 11.9 Å². The van der Waals surface area contributed by atoms with Crippen molar-refractivity contribution < 1.29 is 4.79 Å². The highest BCUT2D eigenvalue weighted by Gasteiger charge is 2.32. The Kier molecular flexibility index (Phi) is 5.46. The van der Waals surface area contributed by atoms with Crippen LogP contribution < -0.4 is 0 Å². The zero-order chi connectivity index (χ0) is 21.4. The summed E-state index contributed by atoms with van der Waals surface area (Å²) >= 11 is 8.14. The van der Waals surface area contributed by atoms with Gasteiger partial charge in [0.25, 0.3) is 5.91 Å². The van der Waals surface area contributed by atoms with Gasteiger partial charge in [-0.3, -0.25) is 9.20 Å². The van der Waals surface area contributed by atoms with Crippen molar-refractivity contribution >= 4 is 34.5 Å². The Labute approximate surface area is 189 Å². The Morgan fingerprint density at radius 3 is 2.84 bits per heavy atom. The molecule has 0 spiro atoms. The molecule has 6 nitrogen and oxygen atoms in total. The fraction of sp³-hybridized carbons (Fsp3) is 0.304. The van der Waals surface area contributed by atoms with Gasteiger partial charge in [0.05, 0.1) is 15.6 Å². The molecular formula is C23H22ClN5OS. The van der Waals surface area contributed by atoms with Gasteiger partial charge in [-0.1, -0.05) is 41.9 Å². The lowest BCUT2D eigenvalue weighted by Gasteiger charge is -2.35. The summed E-state index contributed by atoms with van der Waals surface area (Å²) in [5.74, 6) is -0.00513. The standard InChI is InChI=1S/C23H22ClN5OS/c1-15-26-20(21(31-15)16-7-3-2-4-8-16)23(30)28-12-6-5-9-17(28)13-18-22(24)29-14-25-11-10-19(29)27-18/h2-4,7-8,10-11,14,17H,5-6,9,12-13H2,1H3/t17-/m0/s1. The van der Waals surface area contributed by atoms with Gasteiger partial charge in [0.1, 0.15) is 22.8 Å². The number of carbonyl (C=O) groups excluding carboxylic acids is 1. The van der Waals surface area contributed by atoms with E-state index in [0.29, 0.717) is 17.3 Å². The molecule has 1 atom stereocenters. The van der Waals surface area contributed by atoms with Crippen molar-refractivity contribution in [2.24, 2.45) is 0 Å². The summed E-state index contributed by atoms with van der Waals surface area (Å²) in [6, 6.07) is 11.9. The topological polar surface area (TPSA) is 63.4 Å². The number of rotatable bonds is 4. The molecule has 1 amide bonds. The summed E-state index contributed by atoms with van der Waals surface area (Å²) in [7, 11) is 0. The van der Waals surface area contributed by atoms with Crippen molar-refractivity contribution in [3.8, 4) is 10.4 Å². The van der Waals surface area contributed by atoms with E-state index in [2.05, 4.69) is 15.0 Å². The number of benzene rings is 1. The van der Waals surface area contributed by atoms with Crippen LogP contribution >= 0.6 is 22.9 Å². The number of imidazole rings is 1. The Balaban J connectivity index is 1.46. The SMILES string of the molecule is Cc1nc(C(=O)N2CCCC[C@H]2Cc2nc3ccncn3c2Cl)c(-c2ccccc2)s1. The Morgan fingerprint density at radius 2 is 2.03 bits per heavy atom. The maximum absolute atomic E-state index is 13.7. The molecule has 3 aromatic heterocycles. The lowest BCUT2D eigenvalue weighted by atomic mass is 9.97. The molecule has 5 rings (SSSR count). The van der Waals surface area contributed by atoms with Crippen molar-refractivity contribution in [2.45, 2.75) is 38.6 Å². The molecule has 1 aromatic carbocycles. The summed E-state index contributed by atoms with van der Waals surface area (Å²) in [5.41, 5.74) is 3.15. The van der Waals surface area contributed by atoms with Crippen LogP contribution in [0.2, 0.25) is 5.15 Å². The molecule has 0 radical (unpaired) electrons. The summed E-state index contributed by atoms with van der Waals surface area (Å²) in [4.78, 5) is 30.0. The number of aromatic nitrogens is 4. The highest BCUT2D eigenvalue weighted by Crippen LogP contribution is 2.33. The smallest absolute Gasteiger partial charge is 0.274 e. The molecule has 8 heteroatoms. The number of likely N-dealkylation sites (tertiary alicyclic amines) is 1. The van der Waals surface area contributed by atoms with E-state index < -0.39 is 0 Å². The summed E-state index contributed by atoms with van der Waals surface area (Å²) in [5, 5.41) is 1.46. The number of hydrogen-bond acceptors (Lipinski definition) is 5. The molecule has 1 aliphatic heterocycles. The maximum Gasteiger partial charge on any atom is 0.274 e. The first-order valence-corrected chi connectivity index (χ1v) is 11.6. The Bertz CT molecular complexity index is 1240. The molecule has 0 unspecified atom stereocenters. The zero-order valence-electron chi connectivity index (χ0n) is 17.2. The fourth-order valence-electron chi connectivity index (χ4n) is 4.25. The summed E-state index contributed by atoms with van der Waals surface area (Å²) in [6.07, 6.45) is 7.00.